The van der Waals surface area contributed by atoms with Gasteiger partial charge in [-0.3, -0.25) is 0 Å². The summed E-state index contributed by atoms with van der Waals surface area (Å²) in [6, 6.07) is 18.5. The highest BCUT2D eigenvalue weighted by Gasteiger charge is 2.35. The molecule has 2 heterocycles. The first-order chi connectivity index (χ1) is 15.9. The van der Waals surface area contributed by atoms with E-state index in [2.05, 4.69) is 41.5 Å². The topological polar surface area (TPSA) is 65.5 Å². The molecule has 166 valence electrons. The van der Waals surface area contributed by atoms with Crippen LogP contribution < -0.4 is 0 Å². The Labute approximate surface area is 197 Å². The molecule has 4 rings (SSSR count). The second-order valence-electron chi connectivity index (χ2n) is 8.29. The Morgan fingerprint density at radius 1 is 1.00 bits per heavy atom. The van der Waals surface area contributed by atoms with Crippen LogP contribution >= 0.6 is 11.8 Å². The molecule has 1 unspecified atom stereocenters. The van der Waals surface area contributed by atoms with Gasteiger partial charge in [0.05, 0.1) is 18.2 Å². The van der Waals surface area contributed by atoms with Crippen LogP contribution in [0.15, 0.2) is 71.8 Å². The number of pyridine rings is 1. The van der Waals surface area contributed by atoms with Crippen molar-refractivity contribution in [1.29, 1.82) is 0 Å². The van der Waals surface area contributed by atoms with Crippen molar-refractivity contribution in [3.63, 3.8) is 0 Å². The smallest absolute Gasteiger partial charge is 0.339 e. The van der Waals surface area contributed by atoms with Crippen LogP contribution in [0.2, 0.25) is 0 Å². The molecule has 0 spiro atoms. The first kappa shape index (κ1) is 22.6. The third-order valence-electron chi connectivity index (χ3n) is 5.41. The summed E-state index contributed by atoms with van der Waals surface area (Å²) >= 11 is 1.56. The Kier molecular flexibility index (Phi) is 6.52. The molecule has 1 atom stereocenters. The van der Waals surface area contributed by atoms with E-state index in [1.54, 1.807) is 36.0 Å². The van der Waals surface area contributed by atoms with Gasteiger partial charge in [0, 0.05) is 23.1 Å². The van der Waals surface area contributed by atoms with Gasteiger partial charge in [0.25, 0.3) is 0 Å². The number of ether oxygens (including phenoxy) is 2. The van der Waals surface area contributed by atoms with Gasteiger partial charge in [-0.2, -0.15) is 0 Å². The predicted molar refractivity (Wildman–Crippen MR) is 127 cm³/mol. The van der Waals surface area contributed by atoms with Crippen LogP contribution in [0.1, 0.15) is 57.8 Å². The van der Waals surface area contributed by atoms with Gasteiger partial charge in [-0.05, 0) is 59.4 Å². The van der Waals surface area contributed by atoms with Crippen LogP contribution in [0.4, 0.5) is 0 Å². The summed E-state index contributed by atoms with van der Waals surface area (Å²) in [6.07, 6.45) is 2.16. The largest absolute Gasteiger partial charge is 0.465 e. The third kappa shape index (κ3) is 5.27. The fraction of sp³-hybridized carbons (Fsp3) is 0.222. The molecule has 0 radical (unpaired) electrons. The van der Waals surface area contributed by atoms with Crippen molar-refractivity contribution >= 4 is 23.7 Å². The Balaban J connectivity index is 1.50. The molecule has 5 nitrogen and oxygen atoms in total. The van der Waals surface area contributed by atoms with Gasteiger partial charge in [-0.1, -0.05) is 49.7 Å². The molecule has 0 bridgehead atoms. The molecule has 2 aromatic carbocycles. The Bertz CT molecular complexity index is 1240. The fourth-order valence-electron chi connectivity index (χ4n) is 3.62. The maximum atomic E-state index is 12.5. The molecular weight excluding hydrogens is 434 g/mol. The SMILES string of the molecule is COC(=O)c1ccc(C#Cc2ccc3c(c2)C(C)(C)CC(OC(=O)c2ccccc2)S3)nc1. The van der Waals surface area contributed by atoms with Gasteiger partial charge in [-0.15, -0.1) is 0 Å². The minimum atomic E-state index is -0.427. The summed E-state index contributed by atoms with van der Waals surface area (Å²) in [5.41, 5.74) is 3.14. The van der Waals surface area contributed by atoms with E-state index in [1.165, 1.54) is 18.9 Å². The number of hydrogen-bond donors (Lipinski definition) is 0. The second-order valence-corrected chi connectivity index (χ2v) is 9.49. The zero-order chi connectivity index (χ0) is 23.4. The first-order valence-corrected chi connectivity index (χ1v) is 11.4. The van der Waals surface area contributed by atoms with Gasteiger partial charge in [0.1, 0.15) is 5.69 Å². The van der Waals surface area contributed by atoms with Crippen LogP contribution in [0, 0.1) is 11.8 Å². The van der Waals surface area contributed by atoms with Crippen molar-refractivity contribution in [3.8, 4) is 11.8 Å². The van der Waals surface area contributed by atoms with Crippen LogP contribution in [-0.2, 0) is 14.9 Å². The fourth-order valence-corrected chi connectivity index (χ4v) is 5.15. The number of rotatable bonds is 3. The quantitative estimate of drug-likeness (QED) is 0.397. The molecule has 0 saturated heterocycles. The molecule has 1 aliphatic heterocycles. The molecule has 0 N–H and O–H groups in total. The van der Waals surface area contributed by atoms with Crippen LogP contribution in [0.25, 0.3) is 0 Å². The molecule has 33 heavy (non-hydrogen) atoms. The molecule has 0 amide bonds. The van der Waals surface area contributed by atoms with E-state index >= 15 is 0 Å². The van der Waals surface area contributed by atoms with Crippen LogP contribution in [-0.4, -0.2) is 29.5 Å². The summed E-state index contributed by atoms with van der Waals surface area (Å²) in [5, 5.41) is 0. The van der Waals surface area contributed by atoms with E-state index in [-0.39, 0.29) is 16.8 Å². The van der Waals surface area contributed by atoms with E-state index in [1.807, 2.05) is 30.3 Å². The lowest BCUT2D eigenvalue weighted by Crippen LogP contribution is -2.31. The Hall–Kier alpha value is -3.56. The number of nitrogens with zero attached hydrogens (tertiary/aromatic N) is 1. The summed E-state index contributed by atoms with van der Waals surface area (Å²) in [6.45, 7) is 4.30. The summed E-state index contributed by atoms with van der Waals surface area (Å²) in [5.74, 6) is 5.46. The lowest BCUT2D eigenvalue weighted by Gasteiger charge is -2.36. The maximum Gasteiger partial charge on any atom is 0.339 e. The van der Waals surface area contributed by atoms with Crippen molar-refractivity contribution in [3.05, 3.63) is 94.8 Å². The number of carbonyl (C=O) groups is 2. The molecule has 1 aliphatic rings. The van der Waals surface area contributed by atoms with Crippen molar-refractivity contribution in [2.24, 2.45) is 0 Å². The highest BCUT2D eigenvalue weighted by molar-refractivity contribution is 7.99. The van der Waals surface area contributed by atoms with E-state index in [0.29, 0.717) is 23.2 Å². The maximum absolute atomic E-state index is 12.5. The van der Waals surface area contributed by atoms with Gasteiger partial charge < -0.3 is 9.47 Å². The van der Waals surface area contributed by atoms with E-state index < -0.39 is 5.97 Å². The summed E-state index contributed by atoms with van der Waals surface area (Å²) in [4.78, 5) is 29.3. The number of carbonyl (C=O) groups excluding carboxylic acids is 2. The zero-order valence-corrected chi connectivity index (χ0v) is 19.4. The van der Waals surface area contributed by atoms with Crippen LogP contribution in [0.5, 0.6) is 0 Å². The van der Waals surface area contributed by atoms with Gasteiger partial charge in [-0.25, -0.2) is 14.6 Å². The highest BCUT2D eigenvalue weighted by Crippen LogP contribution is 2.46. The molecular formula is C27H23NO4S. The molecule has 0 fully saturated rings. The Morgan fingerprint density at radius 3 is 2.48 bits per heavy atom. The number of esters is 2. The monoisotopic (exact) mass is 457 g/mol. The number of hydrogen-bond acceptors (Lipinski definition) is 6. The van der Waals surface area contributed by atoms with Crippen molar-refractivity contribution in [1.82, 2.24) is 4.98 Å². The van der Waals surface area contributed by atoms with Crippen LogP contribution in [0.3, 0.4) is 0 Å². The number of aromatic nitrogens is 1. The molecule has 0 saturated carbocycles. The predicted octanol–water partition coefficient (Wildman–Crippen LogP) is 5.22. The molecule has 6 heteroatoms. The van der Waals surface area contributed by atoms with Crippen molar-refractivity contribution in [2.45, 2.75) is 36.0 Å². The number of thioether (sulfide) groups is 1. The zero-order valence-electron chi connectivity index (χ0n) is 18.6. The normalized spacial score (nSPS) is 16.0. The lowest BCUT2D eigenvalue weighted by atomic mass is 9.80. The average Bonchev–Trinajstić information content (AvgIpc) is 2.83. The van der Waals surface area contributed by atoms with E-state index in [0.717, 1.165) is 10.5 Å². The van der Waals surface area contributed by atoms with Crippen molar-refractivity contribution in [2.75, 3.05) is 7.11 Å². The van der Waals surface area contributed by atoms with Crippen molar-refractivity contribution < 1.29 is 19.1 Å². The minimum Gasteiger partial charge on any atom is -0.465 e. The molecule has 3 aromatic rings. The molecule has 1 aromatic heterocycles. The lowest BCUT2D eigenvalue weighted by molar-refractivity contribution is 0.0415. The molecule has 0 aliphatic carbocycles. The second kappa shape index (κ2) is 9.51. The van der Waals surface area contributed by atoms with Gasteiger partial charge >= 0.3 is 11.9 Å². The standard InChI is InChI=1S/C27H23NO4S/c1-27(2)16-24(32-26(30)19-7-5-4-6-8-19)33-23-14-10-18(15-22(23)27)9-12-21-13-11-20(17-28-21)25(29)31-3/h4-8,10-11,13-15,17,24H,16H2,1-3H3. The number of fused-ring (bicyclic) bond motifs is 1. The Morgan fingerprint density at radius 2 is 1.79 bits per heavy atom. The average molecular weight is 458 g/mol. The first-order valence-electron chi connectivity index (χ1n) is 10.5. The number of benzene rings is 2. The number of methoxy groups -OCH3 is 1. The van der Waals surface area contributed by atoms with E-state index in [9.17, 15) is 9.59 Å². The highest BCUT2D eigenvalue weighted by atomic mass is 32.2. The van der Waals surface area contributed by atoms with Gasteiger partial charge in [0.2, 0.25) is 0 Å². The third-order valence-corrected chi connectivity index (χ3v) is 6.55. The summed E-state index contributed by atoms with van der Waals surface area (Å²) in [7, 11) is 1.33. The minimum absolute atomic E-state index is 0.180. The summed E-state index contributed by atoms with van der Waals surface area (Å²) < 4.78 is 10.5. The van der Waals surface area contributed by atoms with E-state index in [4.69, 9.17) is 4.74 Å². The van der Waals surface area contributed by atoms with Gasteiger partial charge in [0.15, 0.2) is 5.44 Å².